The van der Waals surface area contributed by atoms with Crippen LogP contribution in [0.2, 0.25) is 0 Å². The third-order valence-corrected chi connectivity index (χ3v) is 2.69. The van der Waals surface area contributed by atoms with Gasteiger partial charge in [-0.2, -0.15) is 0 Å². The predicted molar refractivity (Wildman–Crippen MR) is 66.0 cm³/mol. The van der Waals surface area contributed by atoms with Crippen molar-refractivity contribution in [1.29, 1.82) is 0 Å². The Morgan fingerprint density at radius 3 is 2.89 bits per heavy atom. The first-order chi connectivity index (χ1) is 8.61. The van der Waals surface area contributed by atoms with Crippen LogP contribution in [0.15, 0.2) is 30.5 Å². The molecule has 5 heteroatoms. The van der Waals surface area contributed by atoms with Crippen molar-refractivity contribution >= 4 is 5.97 Å². The molecule has 0 aliphatic carbocycles. The van der Waals surface area contributed by atoms with E-state index in [0.29, 0.717) is 18.1 Å². The molecule has 94 valence electrons. The van der Waals surface area contributed by atoms with Crippen LogP contribution in [-0.4, -0.2) is 27.7 Å². The zero-order valence-electron chi connectivity index (χ0n) is 10.3. The summed E-state index contributed by atoms with van der Waals surface area (Å²) >= 11 is 0. The second-order valence-corrected chi connectivity index (χ2v) is 3.95. The van der Waals surface area contributed by atoms with E-state index in [-0.39, 0.29) is 0 Å². The lowest BCUT2D eigenvalue weighted by Gasteiger charge is -2.07. The molecule has 2 rings (SSSR count). The van der Waals surface area contributed by atoms with E-state index in [4.69, 9.17) is 9.84 Å². The van der Waals surface area contributed by atoms with Gasteiger partial charge in [-0.05, 0) is 24.6 Å². The second kappa shape index (κ2) is 4.91. The first kappa shape index (κ1) is 12.2. The molecule has 1 N–H and O–H groups in total. The van der Waals surface area contributed by atoms with Crippen LogP contribution in [0, 0.1) is 6.92 Å². The first-order valence-electron chi connectivity index (χ1n) is 5.50. The number of aryl methyl sites for hydroxylation is 1. The fourth-order valence-corrected chi connectivity index (χ4v) is 1.84. The molecule has 0 fully saturated rings. The fourth-order valence-electron chi connectivity index (χ4n) is 1.84. The van der Waals surface area contributed by atoms with Crippen LogP contribution >= 0.6 is 0 Å². The SMILES string of the molecule is COc1cccc(Cn2ccc(C)c2C(=O)O)n1. The van der Waals surface area contributed by atoms with E-state index in [1.165, 1.54) is 0 Å². The highest BCUT2D eigenvalue weighted by Crippen LogP contribution is 2.13. The molecule has 0 radical (unpaired) electrons. The molecule has 0 saturated heterocycles. The summed E-state index contributed by atoms with van der Waals surface area (Å²) in [6.07, 6.45) is 1.75. The van der Waals surface area contributed by atoms with Gasteiger partial charge >= 0.3 is 5.97 Å². The number of carboxylic acids is 1. The average Bonchev–Trinajstić information content (AvgIpc) is 2.70. The zero-order chi connectivity index (χ0) is 13.1. The Kier molecular flexibility index (Phi) is 3.32. The Hall–Kier alpha value is -2.30. The summed E-state index contributed by atoms with van der Waals surface area (Å²) in [6.45, 7) is 2.19. The highest BCUT2D eigenvalue weighted by atomic mass is 16.5. The van der Waals surface area contributed by atoms with Crippen LogP contribution in [0.4, 0.5) is 0 Å². The number of hydrogen-bond donors (Lipinski definition) is 1. The van der Waals surface area contributed by atoms with Gasteiger partial charge in [-0.25, -0.2) is 9.78 Å². The molecule has 0 spiro atoms. The number of aromatic carboxylic acids is 1. The van der Waals surface area contributed by atoms with Crippen molar-refractivity contribution in [2.45, 2.75) is 13.5 Å². The maximum absolute atomic E-state index is 11.2. The maximum atomic E-state index is 11.2. The molecule has 0 unspecified atom stereocenters. The minimum Gasteiger partial charge on any atom is -0.481 e. The van der Waals surface area contributed by atoms with E-state index >= 15 is 0 Å². The number of carboxylic acid groups (broad SMARTS) is 1. The van der Waals surface area contributed by atoms with Crippen LogP contribution in [0.3, 0.4) is 0 Å². The Balaban J connectivity index is 2.31. The summed E-state index contributed by atoms with van der Waals surface area (Å²) in [5.41, 5.74) is 1.79. The lowest BCUT2D eigenvalue weighted by atomic mass is 10.2. The normalized spacial score (nSPS) is 10.3. The summed E-state index contributed by atoms with van der Waals surface area (Å²) in [6, 6.07) is 7.20. The molecule has 0 aliphatic heterocycles. The van der Waals surface area contributed by atoms with Crippen molar-refractivity contribution in [1.82, 2.24) is 9.55 Å². The number of ether oxygens (including phenoxy) is 1. The Labute approximate surface area is 105 Å². The van der Waals surface area contributed by atoms with Gasteiger partial charge in [0.05, 0.1) is 19.3 Å². The van der Waals surface area contributed by atoms with E-state index in [9.17, 15) is 4.79 Å². The quantitative estimate of drug-likeness (QED) is 0.895. The minimum absolute atomic E-state index is 0.291. The maximum Gasteiger partial charge on any atom is 0.352 e. The summed E-state index contributed by atoms with van der Waals surface area (Å²) in [5.74, 6) is -0.409. The van der Waals surface area contributed by atoms with Gasteiger partial charge in [-0.3, -0.25) is 0 Å². The highest BCUT2D eigenvalue weighted by Gasteiger charge is 2.13. The van der Waals surface area contributed by atoms with Gasteiger partial charge in [0, 0.05) is 12.3 Å². The molecule has 0 bridgehead atoms. The Morgan fingerprint density at radius 1 is 1.44 bits per heavy atom. The standard InChI is InChI=1S/C13H14N2O3/c1-9-6-7-15(12(9)13(16)17)8-10-4-3-5-11(14-10)18-2/h3-7H,8H2,1-2H3,(H,16,17). The number of methoxy groups -OCH3 is 1. The molecule has 5 nitrogen and oxygen atoms in total. The zero-order valence-corrected chi connectivity index (χ0v) is 10.3. The number of aromatic nitrogens is 2. The highest BCUT2D eigenvalue weighted by molar-refractivity contribution is 5.87. The lowest BCUT2D eigenvalue weighted by Crippen LogP contribution is -2.10. The van der Waals surface area contributed by atoms with Crippen LogP contribution in [0.25, 0.3) is 0 Å². The molecule has 0 aromatic carbocycles. The third kappa shape index (κ3) is 2.34. The van der Waals surface area contributed by atoms with E-state index in [1.807, 2.05) is 12.1 Å². The van der Waals surface area contributed by atoms with Crippen molar-refractivity contribution in [2.75, 3.05) is 7.11 Å². The van der Waals surface area contributed by atoms with Crippen LogP contribution < -0.4 is 4.74 Å². The summed E-state index contributed by atoms with van der Waals surface area (Å²) < 4.78 is 6.70. The van der Waals surface area contributed by atoms with E-state index in [1.54, 1.807) is 36.9 Å². The molecule has 2 aromatic rings. The number of pyridine rings is 1. The number of hydrogen-bond acceptors (Lipinski definition) is 3. The third-order valence-electron chi connectivity index (χ3n) is 2.69. The van der Waals surface area contributed by atoms with Crippen LogP contribution in [-0.2, 0) is 6.54 Å². The van der Waals surface area contributed by atoms with Gasteiger partial charge in [0.15, 0.2) is 0 Å². The molecule has 2 heterocycles. The van der Waals surface area contributed by atoms with Crippen molar-refractivity contribution in [3.63, 3.8) is 0 Å². The predicted octanol–water partition coefficient (Wildman–Crippen LogP) is 1.95. The molecule has 0 saturated carbocycles. The van der Waals surface area contributed by atoms with Crippen molar-refractivity contribution in [2.24, 2.45) is 0 Å². The fraction of sp³-hybridized carbons (Fsp3) is 0.231. The molecular weight excluding hydrogens is 232 g/mol. The second-order valence-electron chi connectivity index (χ2n) is 3.95. The van der Waals surface area contributed by atoms with Gasteiger partial charge in [0.1, 0.15) is 5.69 Å². The number of nitrogens with zero attached hydrogens (tertiary/aromatic N) is 2. The molecule has 0 atom stereocenters. The molecular formula is C13H14N2O3. The first-order valence-corrected chi connectivity index (χ1v) is 5.50. The van der Waals surface area contributed by atoms with E-state index < -0.39 is 5.97 Å². The van der Waals surface area contributed by atoms with Crippen molar-refractivity contribution in [3.8, 4) is 5.88 Å². The van der Waals surface area contributed by atoms with Gasteiger partial charge in [-0.1, -0.05) is 6.07 Å². The molecule has 2 aromatic heterocycles. The molecule has 0 amide bonds. The van der Waals surface area contributed by atoms with Crippen LogP contribution in [0.1, 0.15) is 21.7 Å². The van der Waals surface area contributed by atoms with Gasteiger partial charge in [0.25, 0.3) is 0 Å². The summed E-state index contributed by atoms with van der Waals surface area (Å²) in [7, 11) is 1.55. The van der Waals surface area contributed by atoms with Gasteiger partial charge in [0.2, 0.25) is 5.88 Å². The molecule has 18 heavy (non-hydrogen) atoms. The molecule has 0 aliphatic rings. The largest absolute Gasteiger partial charge is 0.481 e. The monoisotopic (exact) mass is 246 g/mol. The smallest absolute Gasteiger partial charge is 0.352 e. The Bertz CT molecular complexity index is 575. The van der Waals surface area contributed by atoms with E-state index in [0.717, 1.165) is 11.3 Å². The van der Waals surface area contributed by atoms with E-state index in [2.05, 4.69) is 4.98 Å². The minimum atomic E-state index is -0.930. The number of rotatable bonds is 4. The summed E-state index contributed by atoms with van der Waals surface area (Å²) in [4.78, 5) is 15.4. The van der Waals surface area contributed by atoms with Crippen LogP contribution in [0.5, 0.6) is 5.88 Å². The lowest BCUT2D eigenvalue weighted by molar-refractivity contribution is 0.0685. The van der Waals surface area contributed by atoms with Crippen molar-refractivity contribution < 1.29 is 14.6 Å². The Morgan fingerprint density at radius 2 is 2.22 bits per heavy atom. The van der Waals surface area contributed by atoms with Gasteiger partial charge in [-0.15, -0.1) is 0 Å². The topological polar surface area (TPSA) is 64.3 Å². The average molecular weight is 246 g/mol. The van der Waals surface area contributed by atoms with Crippen molar-refractivity contribution in [3.05, 3.63) is 47.4 Å². The number of carbonyl (C=O) groups is 1. The van der Waals surface area contributed by atoms with Gasteiger partial charge < -0.3 is 14.4 Å². The summed E-state index contributed by atoms with van der Waals surface area (Å²) in [5, 5.41) is 9.15.